The number of nitrogens with one attached hydrogen (secondary N) is 2. The van der Waals surface area contributed by atoms with Crippen LogP contribution in [-0.4, -0.2) is 18.4 Å². The van der Waals surface area contributed by atoms with E-state index in [1.165, 1.54) is 0 Å². The lowest BCUT2D eigenvalue weighted by molar-refractivity contribution is -0.130. The highest BCUT2D eigenvalue weighted by atomic mass is 16.5. The van der Waals surface area contributed by atoms with E-state index in [-0.39, 0.29) is 17.9 Å². The first-order valence-electron chi connectivity index (χ1n) is 10.3. The Morgan fingerprint density at radius 2 is 1.29 bits per heavy atom. The molecule has 0 heterocycles. The van der Waals surface area contributed by atoms with Crippen LogP contribution in [0.1, 0.15) is 43.4 Å². The first-order valence-corrected chi connectivity index (χ1v) is 10.3. The van der Waals surface area contributed by atoms with Gasteiger partial charge in [-0.2, -0.15) is 0 Å². The van der Waals surface area contributed by atoms with Crippen LogP contribution in [0.25, 0.3) is 0 Å². The number of hydrogen-bond donors (Lipinski definition) is 2. The molecule has 0 unspecified atom stereocenters. The van der Waals surface area contributed by atoms with Crippen LogP contribution in [0.3, 0.4) is 0 Å². The van der Waals surface area contributed by atoms with Crippen LogP contribution in [0.4, 0.5) is 0 Å². The summed E-state index contributed by atoms with van der Waals surface area (Å²) < 4.78 is 5.72. The Hall–Kier alpha value is -3.60. The molecule has 31 heavy (non-hydrogen) atoms. The lowest BCUT2D eigenvalue weighted by Crippen LogP contribution is -2.46. The molecule has 3 aromatic rings. The first-order chi connectivity index (χ1) is 14.9. The van der Waals surface area contributed by atoms with Gasteiger partial charge in [-0.15, -0.1) is 0 Å². The first kappa shape index (κ1) is 22.1. The fourth-order valence-corrected chi connectivity index (χ4v) is 3.38. The van der Waals surface area contributed by atoms with Gasteiger partial charge in [0, 0.05) is 0 Å². The Morgan fingerprint density at radius 3 is 1.84 bits per heavy atom. The Bertz CT molecular complexity index is 972. The molecule has 160 valence electrons. The zero-order chi connectivity index (χ0) is 22.3. The van der Waals surface area contributed by atoms with Gasteiger partial charge in [0.2, 0.25) is 5.91 Å². The molecule has 5 nitrogen and oxygen atoms in total. The molecule has 3 rings (SSSR count). The van der Waals surface area contributed by atoms with Gasteiger partial charge in [-0.1, -0.05) is 99.6 Å². The standard InChI is InChI=1S/C26H28N2O3/c1-26(2,3)21-16-10-11-17-22(21)31-18-23(29)27-28-25(30)24(19-12-6-4-7-13-19)20-14-8-5-9-15-20/h4-17,24H,18H2,1-3H3,(H,27,29)(H,28,30). The van der Waals surface area contributed by atoms with Crippen molar-refractivity contribution in [3.05, 3.63) is 102 Å². The third kappa shape index (κ3) is 5.95. The smallest absolute Gasteiger partial charge is 0.276 e. The summed E-state index contributed by atoms with van der Waals surface area (Å²) in [6, 6.07) is 26.6. The molecular formula is C26H28N2O3. The molecule has 0 aliphatic carbocycles. The summed E-state index contributed by atoms with van der Waals surface area (Å²) in [6.07, 6.45) is 0. The van der Waals surface area contributed by atoms with Crippen LogP contribution in [-0.2, 0) is 15.0 Å². The SMILES string of the molecule is CC(C)(C)c1ccccc1OCC(=O)NNC(=O)C(c1ccccc1)c1ccccc1. The van der Waals surface area contributed by atoms with E-state index in [1.54, 1.807) is 0 Å². The molecule has 0 radical (unpaired) electrons. The minimum Gasteiger partial charge on any atom is -0.483 e. The summed E-state index contributed by atoms with van der Waals surface area (Å²) in [5, 5.41) is 0. The van der Waals surface area contributed by atoms with Crippen LogP contribution < -0.4 is 15.6 Å². The molecule has 0 aliphatic heterocycles. The van der Waals surface area contributed by atoms with Gasteiger partial charge in [0.05, 0.1) is 5.92 Å². The quantitative estimate of drug-likeness (QED) is 0.588. The average molecular weight is 417 g/mol. The molecule has 3 aromatic carbocycles. The van der Waals surface area contributed by atoms with Gasteiger partial charge >= 0.3 is 0 Å². The number of para-hydroxylation sites is 1. The highest BCUT2D eigenvalue weighted by Crippen LogP contribution is 2.30. The molecule has 0 bridgehead atoms. The monoisotopic (exact) mass is 416 g/mol. The fourth-order valence-electron chi connectivity index (χ4n) is 3.38. The van der Waals surface area contributed by atoms with Crippen LogP contribution in [0, 0.1) is 0 Å². The number of amides is 2. The molecule has 0 fully saturated rings. The Balaban J connectivity index is 1.63. The van der Waals surface area contributed by atoms with E-state index in [0.29, 0.717) is 5.75 Å². The molecule has 2 amide bonds. The zero-order valence-corrected chi connectivity index (χ0v) is 18.1. The van der Waals surface area contributed by atoms with Gasteiger partial charge < -0.3 is 4.74 Å². The van der Waals surface area contributed by atoms with Gasteiger partial charge in [-0.25, -0.2) is 0 Å². The lowest BCUT2D eigenvalue weighted by atomic mass is 9.86. The highest BCUT2D eigenvalue weighted by Gasteiger charge is 2.23. The summed E-state index contributed by atoms with van der Waals surface area (Å²) in [4.78, 5) is 25.3. The molecule has 0 atom stereocenters. The van der Waals surface area contributed by atoms with Crippen LogP contribution in [0.2, 0.25) is 0 Å². The van der Waals surface area contributed by atoms with Crippen molar-refractivity contribution in [2.75, 3.05) is 6.61 Å². The fraction of sp³-hybridized carbons (Fsp3) is 0.231. The van der Waals surface area contributed by atoms with Gasteiger partial charge in [0.25, 0.3) is 5.91 Å². The summed E-state index contributed by atoms with van der Waals surface area (Å²) in [5.74, 6) is -0.633. The number of rotatable bonds is 6. The minimum atomic E-state index is -0.537. The molecule has 2 N–H and O–H groups in total. The number of carbonyl (C=O) groups excluding carboxylic acids is 2. The number of ether oxygens (including phenoxy) is 1. The van der Waals surface area contributed by atoms with E-state index in [2.05, 4.69) is 31.6 Å². The maximum atomic E-state index is 12.9. The van der Waals surface area contributed by atoms with Gasteiger partial charge in [0.1, 0.15) is 5.75 Å². The Labute approximate surface area is 183 Å². The Kier molecular flexibility index (Phi) is 7.08. The second-order valence-electron chi connectivity index (χ2n) is 8.33. The predicted octanol–water partition coefficient (Wildman–Crippen LogP) is 4.34. The maximum Gasteiger partial charge on any atom is 0.276 e. The van der Waals surface area contributed by atoms with Crippen molar-refractivity contribution in [1.82, 2.24) is 10.9 Å². The number of hydrogen-bond acceptors (Lipinski definition) is 3. The predicted molar refractivity (Wildman–Crippen MR) is 122 cm³/mol. The second kappa shape index (κ2) is 9.94. The second-order valence-corrected chi connectivity index (χ2v) is 8.33. The molecule has 0 spiro atoms. The largest absolute Gasteiger partial charge is 0.483 e. The third-order valence-electron chi connectivity index (χ3n) is 4.91. The maximum absolute atomic E-state index is 12.9. The van der Waals surface area contributed by atoms with E-state index in [4.69, 9.17) is 4.74 Å². The summed E-state index contributed by atoms with van der Waals surface area (Å²) in [5.41, 5.74) is 7.60. The van der Waals surface area contributed by atoms with Crippen LogP contribution in [0.5, 0.6) is 5.75 Å². The van der Waals surface area contributed by atoms with Crippen molar-refractivity contribution < 1.29 is 14.3 Å². The molecule has 0 saturated carbocycles. The number of hydrazine groups is 1. The summed E-state index contributed by atoms with van der Waals surface area (Å²) >= 11 is 0. The number of carbonyl (C=O) groups is 2. The van der Waals surface area contributed by atoms with E-state index >= 15 is 0 Å². The van der Waals surface area contributed by atoms with Gasteiger partial charge in [-0.3, -0.25) is 20.4 Å². The molecule has 0 saturated heterocycles. The highest BCUT2D eigenvalue weighted by molar-refractivity contribution is 5.89. The summed E-state index contributed by atoms with van der Waals surface area (Å²) in [6.45, 7) is 6.06. The Morgan fingerprint density at radius 1 is 0.774 bits per heavy atom. The molecule has 0 aliphatic rings. The normalized spacial score (nSPS) is 11.1. The van der Waals surface area contributed by atoms with Gasteiger partial charge in [0.15, 0.2) is 6.61 Å². The van der Waals surface area contributed by atoms with Gasteiger partial charge in [-0.05, 0) is 28.2 Å². The third-order valence-corrected chi connectivity index (χ3v) is 4.91. The zero-order valence-electron chi connectivity index (χ0n) is 18.1. The van der Waals surface area contributed by atoms with Crippen molar-refractivity contribution in [2.24, 2.45) is 0 Å². The lowest BCUT2D eigenvalue weighted by Gasteiger charge is -2.22. The van der Waals surface area contributed by atoms with Crippen molar-refractivity contribution in [3.8, 4) is 5.75 Å². The van der Waals surface area contributed by atoms with E-state index in [9.17, 15) is 9.59 Å². The molecule has 5 heteroatoms. The van der Waals surface area contributed by atoms with Crippen molar-refractivity contribution in [1.29, 1.82) is 0 Å². The van der Waals surface area contributed by atoms with Crippen molar-refractivity contribution in [2.45, 2.75) is 32.1 Å². The number of benzene rings is 3. The van der Waals surface area contributed by atoms with E-state index in [1.807, 2.05) is 84.9 Å². The molecular weight excluding hydrogens is 388 g/mol. The summed E-state index contributed by atoms with van der Waals surface area (Å²) in [7, 11) is 0. The van der Waals surface area contributed by atoms with Crippen molar-refractivity contribution >= 4 is 11.8 Å². The van der Waals surface area contributed by atoms with Crippen LogP contribution >= 0.6 is 0 Å². The average Bonchev–Trinajstić information content (AvgIpc) is 2.77. The van der Waals surface area contributed by atoms with Crippen LogP contribution in [0.15, 0.2) is 84.9 Å². The topological polar surface area (TPSA) is 67.4 Å². The van der Waals surface area contributed by atoms with E-state index < -0.39 is 11.8 Å². The van der Waals surface area contributed by atoms with E-state index in [0.717, 1.165) is 16.7 Å². The minimum absolute atomic E-state index is 0.111. The van der Waals surface area contributed by atoms with Crippen molar-refractivity contribution in [3.63, 3.8) is 0 Å². The molecule has 0 aromatic heterocycles.